The summed E-state index contributed by atoms with van der Waals surface area (Å²) in [7, 11) is 1.57. The molecule has 0 aromatic carbocycles. The van der Waals surface area contributed by atoms with Crippen LogP contribution in [0, 0.1) is 5.92 Å². The van der Waals surface area contributed by atoms with Gasteiger partial charge in [-0.25, -0.2) is 9.97 Å². The Balaban J connectivity index is 1.38. The maximum atomic E-state index is 13.0. The highest BCUT2D eigenvalue weighted by molar-refractivity contribution is 5.97. The maximum Gasteiger partial charge on any atom is 0.257 e. The van der Waals surface area contributed by atoms with E-state index in [2.05, 4.69) is 14.9 Å². The van der Waals surface area contributed by atoms with E-state index in [1.165, 1.54) is 18.4 Å². The number of carbonyl (C=O) groups is 1. The van der Waals surface area contributed by atoms with Crippen molar-refractivity contribution in [1.29, 1.82) is 0 Å². The van der Waals surface area contributed by atoms with E-state index in [9.17, 15) is 4.79 Å². The summed E-state index contributed by atoms with van der Waals surface area (Å²) in [5.41, 5.74) is 2.98. The van der Waals surface area contributed by atoms with Crippen molar-refractivity contribution >= 4 is 11.9 Å². The number of ether oxygens (including phenoxy) is 1. The number of hydrogen-bond acceptors (Lipinski definition) is 6. The molecule has 2 aromatic rings. The lowest BCUT2D eigenvalue weighted by molar-refractivity contribution is 0.0781. The SMILES string of the molecule is COc1cnccc1C(=O)N1CC2Cc3cnc(N4CCCC4)nc3C2C1. The fraction of sp³-hybridized carbons (Fsp3) is 0.500. The molecule has 2 unspecified atom stereocenters. The van der Waals surface area contributed by atoms with E-state index in [0.717, 1.165) is 37.7 Å². The Kier molecular flexibility index (Phi) is 3.95. The second-order valence-corrected chi connectivity index (χ2v) is 7.63. The van der Waals surface area contributed by atoms with Crippen LogP contribution >= 0.6 is 0 Å². The molecule has 0 spiro atoms. The average molecular weight is 365 g/mol. The Morgan fingerprint density at radius 1 is 1.22 bits per heavy atom. The minimum atomic E-state index is 0.0130. The van der Waals surface area contributed by atoms with Crippen molar-refractivity contribution in [3.05, 3.63) is 41.5 Å². The Labute approximate surface area is 158 Å². The van der Waals surface area contributed by atoms with Gasteiger partial charge in [0, 0.05) is 44.5 Å². The van der Waals surface area contributed by atoms with Crippen LogP contribution in [0.5, 0.6) is 5.75 Å². The molecule has 27 heavy (non-hydrogen) atoms. The van der Waals surface area contributed by atoms with Gasteiger partial charge >= 0.3 is 0 Å². The van der Waals surface area contributed by atoms with Crippen LogP contribution in [0.3, 0.4) is 0 Å². The highest BCUT2D eigenvalue weighted by Crippen LogP contribution is 2.43. The number of methoxy groups -OCH3 is 1. The van der Waals surface area contributed by atoms with Crippen molar-refractivity contribution in [3.8, 4) is 5.75 Å². The summed E-state index contributed by atoms with van der Waals surface area (Å²) < 4.78 is 5.31. The van der Waals surface area contributed by atoms with Crippen molar-refractivity contribution in [2.45, 2.75) is 25.2 Å². The number of likely N-dealkylation sites (tertiary alicyclic amines) is 1. The van der Waals surface area contributed by atoms with E-state index in [4.69, 9.17) is 9.72 Å². The van der Waals surface area contributed by atoms with Gasteiger partial charge in [0.05, 0.1) is 24.6 Å². The van der Waals surface area contributed by atoms with Gasteiger partial charge in [0.25, 0.3) is 5.91 Å². The zero-order valence-electron chi connectivity index (χ0n) is 15.5. The standard InChI is InChI=1S/C20H23N5O2/c1-27-17-10-21-5-4-15(17)19(26)25-11-14-8-13-9-22-20(24-6-2-3-7-24)23-18(13)16(14)12-25/h4-5,9-10,14,16H,2-3,6-8,11-12H2,1H3. The third kappa shape index (κ3) is 2.72. The minimum Gasteiger partial charge on any atom is -0.494 e. The third-order valence-corrected chi connectivity index (χ3v) is 6.07. The number of aromatic nitrogens is 3. The number of fused-ring (bicyclic) bond motifs is 3. The number of nitrogens with zero attached hydrogens (tertiary/aromatic N) is 5. The Morgan fingerprint density at radius 2 is 2.07 bits per heavy atom. The zero-order chi connectivity index (χ0) is 18.4. The predicted octanol–water partition coefficient (Wildman–Crippen LogP) is 1.89. The molecule has 4 heterocycles. The van der Waals surface area contributed by atoms with Crippen molar-refractivity contribution < 1.29 is 9.53 Å². The summed E-state index contributed by atoms with van der Waals surface area (Å²) in [4.78, 5) is 30.8. The number of hydrogen-bond donors (Lipinski definition) is 0. The molecule has 5 rings (SSSR count). The van der Waals surface area contributed by atoms with E-state index in [1.807, 2.05) is 11.1 Å². The molecule has 140 valence electrons. The highest BCUT2D eigenvalue weighted by Gasteiger charge is 2.43. The summed E-state index contributed by atoms with van der Waals surface area (Å²) in [6.45, 7) is 3.54. The van der Waals surface area contributed by atoms with E-state index >= 15 is 0 Å². The van der Waals surface area contributed by atoms with Crippen molar-refractivity contribution in [2.75, 3.05) is 38.2 Å². The molecule has 0 saturated carbocycles. The van der Waals surface area contributed by atoms with Gasteiger partial charge in [-0.05, 0) is 36.8 Å². The number of rotatable bonds is 3. The van der Waals surface area contributed by atoms with Gasteiger partial charge in [-0.3, -0.25) is 9.78 Å². The van der Waals surface area contributed by atoms with E-state index < -0.39 is 0 Å². The summed E-state index contributed by atoms with van der Waals surface area (Å²) >= 11 is 0. The summed E-state index contributed by atoms with van der Waals surface area (Å²) in [5.74, 6) is 2.13. The van der Waals surface area contributed by atoms with Gasteiger partial charge in [0.15, 0.2) is 0 Å². The fourth-order valence-corrected chi connectivity index (χ4v) is 4.68. The molecule has 2 aromatic heterocycles. The van der Waals surface area contributed by atoms with Crippen LogP contribution in [0.1, 0.15) is 40.4 Å². The molecule has 1 amide bonds. The summed E-state index contributed by atoms with van der Waals surface area (Å²) in [5, 5.41) is 0. The molecule has 2 fully saturated rings. The van der Waals surface area contributed by atoms with Gasteiger partial charge in [0.2, 0.25) is 5.95 Å². The Morgan fingerprint density at radius 3 is 2.89 bits per heavy atom. The molecular formula is C20H23N5O2. The average Bonchev–Trinajstić information content (AvgIpc) is 3.43. The number of amides is 1. The smallest absolute Gasteiger partial charge is 0.257 e. The second kappa shape index (κ2) is 6.48. The molecule has 3 aliphatic rings. The number of carbonyl (C=O) groups excluding carboxylic acids is 1. The molecule has 1 aliphatic carbocycles. The van der Waals surface area contributed by atoms with E-state index in [-0.39, 0.29) is 5.91 Å². The third-order valence-electron chi connectivity index (χ3n) is 6.07. The lowest BCUT2D eigenvalue weighted by atomic mass is 9.99. The first-order valence-corrected chi connectivity index (χ1v) is 9.62. The Bertz CT molecular complexity index is 880. The molecule has 0 radical (unpaired) electrons. The fourth-order valence-electron chi connectivity index (χ4n) is 4.68. The first-order chi connectivity index (χ1) is 13.2. The van der Waals surface area contributed by atoms with Gasteiger partial charge in [-0.15, -0.1) is 0 Å². The molecule has 2 aliphatic heterocycles. The Hall–Kier alpha value is -2.70. The van der Waals surface area contributed by atoms with E-state index in [0.29, 0.717) is 29.7 Å². The predicted molar refractivity (Wildman–Crippen MR) is 100 cm³/mol. The lowest BCUT2D eigenvalue weighted by Crippen LogP contribution is -2.30. The number of anilines is 1. The molecule has 7 nitrogen and oxygen atoms in total. The van der Waals surface area contributed by atoms with Crippen LogP contribution in [0.15, 0.2) is 24.7 Å². The van der Waals surface area contributed by atoms with Gasteiger partial charge in [-0.2, -0.15) is 0 Å². The molecule has 7 heteroatoms. The highest BCUT2D eigenvalue weighted by atomic mass is 16.5. The first-order valence-electron chi connectivity index (χ1n) is 9.62. The summed E-state index contributed by atoms with van der Waals surface area (Å²) in [6.07, 6.45) is 8.61. The topological polar surface area (TPSA) is 71.5 Å². The van der Waals surface area contributed by atoms with Gasteiger partial charge in [0.1, 0.15) is 5.75 Å². The zero-order valence-corrected chi connectivity index (χ0v) is 15.5. The largest absolute Gasteiger partial charge is 0.494 e. The molecule has 2 atom stereocenters. The lowest BCUT2D eigenvalue weighted by Gasteiger charge is -2.20. The molecule has 2 saturated heterocycles. The molecule has 0 N–H and O–H groups in total. The van der Waals surface area contributed by atoms with Gasteiger partial charge in [-0.1, -0.05) is 0 Å². The first kappa shape index (κ1) is 16.5. The van der Waals surface area contributed by atoms with Crippen LogP contribution in [-0.2, 0) is 6.42 Å². The van der Waals surface area contributed by atoms with Crippen LogP contribution < -0.4 is 9.64 Å². The molecule has 0 bridgehead atoms. The molecular weight excluding hydrogens is 342 g/mol. The summed E-state index contributed by atoms with van der Waals surface area (Å²) in [6, 6.07) is 1.73. The van der Waals surface area contributed by atoms with Crippen LogP contribution in [0.2, 0.25) is 0 Å². The van der Waals surface area contributed by atoms with Gasteiger partial charge < -0.3 is 14.5 Å². The van der Waals surface area contributed by atoms with Crippen LogP contribution in [0.25, 0.3) is 0 Å². The van der Waals surface area contributed by atoms with E-state index in [1.54, 1.807) is 25.6 Å². The van der Waals surface area contributed by atoms with Crippen molar-refractivity contribution in [2.24, 2.45) is 5.92 Å². The minimum absolute atomic E-state index is 0.0130. The maximum absolute atomic E-state index is 13.0. The quantitative estimate of drug-likeness (QED) is 0.827. The second-order valence-electron chi connectivity index (χ2n) is 7.63. The van der Waals surface area contributed by atoms with Crippen molar-refractivity contribution in [1.82, 2.24) is 19.9 Å². The van der Waals surface area contributed by atoms with Crippen molar-refractivity contribution in [3.63, 3.8) is 0 Å². The van der Waals surface area contributed by atoms with Crippen LogP contribution in [0.4, 0.5) is 5.95 Å². The normalized spacial score (nSPS) is 23.4. The number of pyridine rings is 1. The van der Waals surface area contributed by atoms with Crippen LogP contribution in [-0.4, -0.2) is 59.0 Å². The monoisotopic (exact) mass is 365 g/mol.